The van der Waals surface area contributed by atoms with Crippen LogP contribution in [0.5, 0.6) is 5.75 Å². The van der Waals surface area contributed by atoms with E-state index < -0.39 is 6.04 Å². The number of phenolic OH excluding ortho intramolecular Hbond substituents is 1. The van der Waals surface area contributed by atoms with Crippen LogP contribution in [0.25, 0.3) is 0 Å². The summed E-state index contributed by atoms with van der Waals surface area (Å²) in [5.74, 6) is 1.28. The number of hydrogen-bond donors (Lipinski definition) is 1. The average molecular weight is 368 g/mol. The van der Waals surface area contributed by atoms with Crippen molar-refractivity contribution < 1.29 is 14.7 Å². The van der Waals surface area contributed by atoms with Crippen LogP contribution in [0, 0.1) is 0 Å². The van der Waals surface area contributed by atoms with Gasteiger partial charge in [0.15, 0.2) is 0 Å². The van der Waals surface area contributed by atoms with Crippen molar-refractivity contribution in [1.29, 1.82) is 0 Å². The van der Waals surface area contributed by atoms with Gasteiger partial charge in [-0.15, -0.1) is 11.8 Å². The molecule has 0 spiro atoms. The van der Waals surface area contributed by atoms with Crippen molar-refractivity contribution in [3.8, 4) is 5.75 Å². The maximum Gasteiger partial charge on any atom is 0.255 e. The standard InChI is InChI=1S/C20H20N2O3S/c23-17-7-6-14-8-9-21(11-16(14)10-17)20(25)18-12-26-13-22(18)19(24)15-4-2-1-3-5-15/h1-7,10,18,23H,8-9,11-13H2/t18-/m1/s1. The Morgan fingerprint density at radius 3 is 2.69 bits per heavy atom. The Hall–Kier alpha value is -2.47. The first kappa shape index (κ1) is 17.0. The van der Waals surface area contributed by atoms with Gasteiger partial charge in [-0.05, 0) is 41.8 Å². The van der Waals surface area contributed by atoms with Gasteiger partial charge in [0, 0.05) is 24.4 Å². The van der Waals surface area contributed by atoms with Crippen LogP contribution in [0.4, 0.5) is 0 Å². The van der Waals surface area contributed by atoms with Crippen molar-refractivity contribution >= 4 is 23.6 Å². The van der Waals surface area contributed by atoms with Crippen LogP contribution in [-0.2, 0) is 17.8 Å². The summed E-state index contributed by atoms with van der Waals surface area (Å²) in [6.07, 6.45) is 0.772. The number of carbonyl (C=O) groups is 2. The van der Waals surface area contributed by atoms with Crippen LogP contribution in [-0.4, -0.2) is 50.9 Å². The van der Waals surface area contributed by atoms with Gasteiger partial charge in [-0.1, -0.05) is 24.3 Å². The lowest BCUT2D eigenvalue weighted by atomic mass is 9.99. The van der Waals surface area contributed by atoms with Gasteiger partial charge in [0.1, 0.15) is 11.8 Å². The molecule has 0 bridgehead atoms. The molecule has 2 aromatic carbocycles. The first-order valence-corrected chi connectivity index (χ1v) is 9.82. The Morgan fingerprint density at radius 1 is 1.08 bits per heavy atom. The van der Waals surface area contributed by atoms with E-state index in [0.717, 1.165) is 12.0 Å². The lowest BCUT2D eigenvalue weighted by Crippen LogP contribution is -2.50. The molecule has 2 amide bonds. The summed E-state index contributed by atoms with van der Waals surface area (Å²) in [7, 11) is 0. The van der Waals surface area contributed by atoms with E-state index in [2.05, 4.69) is 0 Å². The molecule has 1 saturated heterocycles. The molecule has 2 aromatic rings. The first-order valence-electron chi connectivity index (χ1n) is 8.67. The number of rotatable bonds is 2. The number of aromatic hydroxyl groups is 1. The topological polar surface area (TPSA) is 60.9 Å². The van der Waals surface area contributed by atoms with Crippen molar-refractivity contribution in [2.75, 3.05) is 18.2 Å². The van der Waals surface area contributed by atoms with Gasteiger partial charge in [-0.2, -0.15) is 0 Å². The number of fused-ring (bicyclic) bond motifs is 1. The fourth-order valence-electron chi connectivity index (χ4n) is 3.54. The zero-order chi connectivity index (χ0) is 18.1. The van der Waals surface area contributed by atoms with Gasteiger partial charge in [0.2, 0.25) is 5.91 Å². The highest BCUT2D eigenvalue weighted by molar-refractivity contribution is 7.99. The van der Waals surface area contributed by atoms with E-state index in [9.17, 15) is 14.7 Å². The largest absolute Gasteiger partial charge is 0.508 e. The monoisotopic (exact) mass is 368 g/mol. The van der Waals surface area contributed by atoms with E-state index in [1.807, 2.05) is 29.2 Å². The highest BCUT2D eigenvalue weighted by Gasteiger charge is 2.38. The second kappa shape index (κ2) is 7.03. The molecular formula is C20H20N2O3S. The third-order valence-electron chi connectivity index (χ3n) is 4.96. The summed E-state index contributed by atoms with van der Waals surface area (Å²) in [6.45, 7) is 1.13. The van der Waals surface area contributed by atoms with Gasteiger partial charge in [-0.3, -0.25) is 9.59 Å². The minimum Gasteiger partial charge on any atom is -0.508 e. The van der Waals surface area contributed by atoms with Crippen LogP contribution in [0.2, 0.25) is 0 Å². The fourth-order valence-corrected chi connectivity index (χ4v) is 4.68. The van der Waals surface area contributed by atoms with E-state index in [1.54, 1.807) is 40.9 Å². The lowest BCUT2D eigenvalue weighted by molar-refractivity contribution is -0.135. The molecule has 4 rings (SSSR count). The van der Waals surface area contributed by atoms with Gasteiger partial charge < -0.3 is 14.9 Å². The number of amides is 2. The lowest BCUT2D eigenvalue weighted by Gasteiger charge is -2.33. The third-order valence-corrected chi connectivity index (χ3v) is 5.97. The first-order chi connectivity index (χ1) is 12.6. The minimum atomic E-state index is -0.424. The number of hydrogen-bond acceptors (Lipinski definition) is 4. The van der Waals surface area contributed by atoms with Gasteiger partial charge in [-0.25, -0.2) is 0 Å². The highest BCUT2D eigenvalue weighted by Crippen LogP contribution is 2.28. The number of thioether (sulfide) groups is 1. The Labute approximate surface area is 156 Å². The van der Waals surface area contributed by atoms with E-state index in [4.69, 9.17) is 0 Å². The zero-order valence-corrected chi connectivity index (χ0v) is 15.1. The Balaban J connectivity index is 1.51. The molecule has 5 nitrogen and oxygen atoms in total. The SMILES string of the molecule is O=C([C@H]1CSCN1C(=O)c1ccccc1)N1CCc2ccc(O)cc2C1. The van der Waals surface area contributed by atoms with Crippen LogP contribution in [0.15, 0.2) is 48.5 Å². The number of nitrogens with zero attached hydrogens (tertiary/aromatic N) is 2. The van der Waals surface area contributed by atoms with Crippen molar-refractivity contribution in [1.82, 2.24) is 9.80 Å². The smallest absolute Gasteiger partial charge is 0.255 e. The Morgan fingerprint density at radius 2 is 1.88 bits per heavy atom. The predicted molar refractivity (Wildman–Crippen MR) is 101 cm³/mol. The molecule has 0 aliphatic carbocycles. The third kappa shape index (κ3) is 3.17. The second-order valence-corrected chi connectivity index (χ2v) is 7.62. The van der Waals surface area contributed by atoms with Gasteiger partial charge in [0.05, 0.1) is 5.88 Å². The molecule has 1 atom stereocenters. The summed E-state index contributed by atoms with van der Waals surface area (Å²) < 4.78 is 0. The number of carbonyl (C=O) groups excluding carboxylic acids is 2. The molecule has 134 valence electrons. The second-order valence-electron chi connectivity index (χ2n) is 6.62. The van der Waals surface area contributed by atoms with Crippen molar-refractivity contribution in [2.45, 2.75) is 19.0 Å². The maximum absolute atomic E-state index is 13.1. The predicted octanol–water partition coefficient (Wildman–Crippen LogP) is 2.49. The van der Waals surface area contributed by atoms with Crippen LogP contribution < -0.4 is 0 Å². The van der Waals surface area contributed by atoms with Gasteiger partial charge >= 0.3 is 0 Å². The van der Waals surface area contributed by atoms with E-state index >= 15 is 0 Å². The normalized spacial score (nSPS) is 19.3. The summed E-state index contributed by atoms with van der Waals surface area (Å²) in [4.78, 5) is 29.4. The molecule has 0 unspecified atom stereocenters. The Kier molecular flexibility index (Phi) is 4.59. The van der Waals surface area contributed by atoms with Crippen molar-refractivity contribution in [3.05, 3.63) is 65.2 Å². The average Bonchev–Trinajstić information content (AvgIpc) is 3.16. The molecule has 2 aliphatic rings. The van der Waals surface area contributed by atoms with Gasteiger partial charge in [0.25, 0.3) is 5.91 Å². The molecule has 6 heteroatoms. The maximum atomic E-state index is 13.1. The minimum absolute atomic E-state index is 0.00623. The van der Waals surface area contributed by atoms with Crippen molar-refractivity contribution in [3.63, 3.8) is 0 Å². The summed E-state index contributed by atoms with van der Waals surface area (Å²) in [6, 6.07) is 14.0. The molecule has 1 N–H and O–H groups in total. The molecular weight excluding hydrogens is 348 g/mol. The van der Waals surface area contributed by atoms with Crippen LogP contribution >= 0.6 is 11.8 Å². The number of benzene rings is 2. The van der Waals surface area contributed by atoms with E-state index in [-0.39, 0.29) is 17.6 Å². The summed E-state index contributed by atoms with van der Waals surface area (Å²) >= 11 is 1.61. The van der Waals surface area contributed by atoms with E-state index in [1.165, 1.54) is 5.56 Å². The molecule has 26 heavy (non-hydrogen) atoms. The zero-order valence-electron chi connectivity index (χ0n) is 14.3. The molecule has 0 aromatic heterocycles. The molecule has 1 fully saturated rings. The molecule has 2 heterocycles. The van der Waals surface area contributed by atoms with Crippen LogP contribution in [0.1, 0.15) is 21.5 Å². The summed E-state index contributed by atoms with van der Waals surface area (Å²) in [5.41, 5.74) is 2.77. The fraction of sp³-hybridized carbons (Fsp3) is 0.300. The quantitative estimate of drug-likeness (QED) is 0.885. The van der Waals surface area contributed by atoms with Crippen molar-refractivity contribution in [2.24, 2.45) is 0 Å². The molecule has 0 saturated carbocycles. The van der Waals surface area contributed by atoms with E-state index in [0.29, 0.717) is 30.3 Å². The summed E-state index contributed by atoms with van der Waals surface area (Å²) in [5, 5.41) is 9.71. The Bertz CT molecular complexity index is 840. The molecule has 2 aliphatic heterocycles. The highest BCUT2D eigenvalue weighted by atomic mass is 32.2. The molecule has 0 radical (unpaired) electrons. The number of phenols is 1. The van der Waals surface area contributed by atoms with Crippen LogP contribution in [0.3, 0.4) is 0 Å².